The maximum Gasteiger partial charge on any atom is 0.224 e. The predicted molar refractivity (Wildman–Crippen MR) is 127 cm³/mol. The fourth-order valence-electron chi connectivity index (χ4n) is 3.25. The van der Waals surface area contributed by atoms with E-state index in [9.17, 15) is 9.18 Å². The van der Waals surface area contributed by atoms with Crippen molar-refractivity contribution in [3.63, 3.8) is 0 Å². The van der Waals surface area contributed by atoms with Crippen LogP contribution < -0.4 is 14.8 Å². The summed E-state index contributed by atoms with van der Waals surface area (Å²) in [5.74, 6) is 0.975. The maximum atomic E-state index is 13.0. The van der Waals surface area contributed by atoms with Gasteiger partial charge < -0.3 is 14.8 Å². The number of benzene rings is 3. The molecule has 0 saturated heterocycles. The minimum absolute atomic E-state index is 0.0617. The van der Waals surface area contributed by atoms with Crippen LogP contribution in [0.2, 0.25) is 5.28 Å². The summed E-state index contributed by atoms with van der Waals surface area (Å²) in [6.07, 6.45) is 3.08. The Hall–Kier alpha value is -3.97. The lowest BCUT2D eigenvalue weighted by molar-refractivity contribution is 0.104. The summed E-state index contributed by atoms with van der Waals surface area (Å²) in [6, 6.07) is 16.3. The lowest BCUT2D eigenvalue weighted by Crippen LogP contribution is -2.00. The van der Waals surface area contributed by atoms with Crippen molar-refractivity contribution in [3.8, 4) is 11.5 Å². The Morgan fingerprint density at radius 2 is 1.73 bits per heavy atom. The average molecular weight is 464 g/mol. The molecule has 1 aromatic heterocycles. The normalized spacial score (nSPS) is 11.0. The number of ether oxygens (including phenoxy) is 2. The zero-order valence-corrected chi connectivity index (χ0v) is 18.6. The predicted octanol–water partition coefficient (Wildman–Crippen LogP) is 6.08. The highest BCUT2D eigenvalue weighted by atomic mass is 35.5. The second-order valence-corrected chi connectivity index (χ2v) is 7.36. The number of carbonyl (C=O) groups is 1. The highest BCUT2D eigenvalue weighted by Gasteiger charge is 2.13. The van der Waals surface area contributed by atoms with Crippen LogP contribution in [0, 0.1) is 5.82 Å². The van der Waals surface area contributed by atoms with Crippen LogP contribution in [0.3, 0.4) is 0 Å². The first-order valence-electron chi connectivity index (χ1n) is 9.91. The van der Waals surface area contributed by atoms with Gasteiger partial charge in [0, 0.05) is 22.7 Å². The van der Waals surface area contributed by atoms with E-state index in [1.54, 1.807) is 62.8 Å². The number of nitrogens with zero attached hydrogens (tertiary/aromatic N) is 2. The quantitative estimate of drug-likeness (QED) is 0.203. The number of halogens is 2. The van der Waals surface area contributed by atoms with Crippen LogP contribution in [-0.2, 0) is 0 Å². The van der Waals surface area contributed by atoms with E-state index in [1.165, 1.54) is 18.2 Å². The van der Waals surface area contributed by atoms with E-state index in [1.807, 2.05) is 6.07 Å². The van der Waals surface area contributed by atoms with E-state index < -0.39 is 0 Å². The van der Waals surface area contributed by atoms with Gasteiger partial charge in [0.15, 0.2) is 17.3 Å². The third kappa shape index (κ3) is 5.10. The Morgan fingerprint density at radius 1 is 1.00 bits per heavy atom. The second kappa shape index (κ2) is 9.67. The summed E-state index contributed by atoms with van der Waals surface area (Å²) in [7, 11) is 3.08. The first-order valence-corrected chi connectivity index (χ1v) is 10.3. The number of carbonyl (C=O) groups excluding carboxylic acids is 1. The van der Waals surface area contributed by atoms with Gasteiger partial charge >= 0.3 is 0 Å². The smallest absolute Gasteiger partial charge is 0.224 e. The monoisotopic (exact) mass is 463 g/mol. The van der Waals surface area contributed by atoms with Gasteiger partial charge in [-0.2, -0.15) is 4.98 Å². The molecule has 0 unspecified atom stereocenters. The SMILES string of the molecule is COc1cc2nc(Cl)nc(Nc3cccc(C(=O)/C=C/c4ccc(F)cc4)c3)c2cc1OC. The van der Waals surface area contributed by atoms with Crippen LogP contribution in [0.25, 0.3) is 17.0 Å². The van der Waals surface area contributed by atoms with Crippen LogP contribution in [0.4, 0.5) is 15.9 Å². The van der Waals surface area contributed by atoms with Crippen molar-refractivity contribution in [1.82, 2.24) is 9.97 Å². The number of ketones is 1. The molecule has 0 spiro atoms. The molecule has 6 nitrogen and oxygen atoms in total. The summed E-state index contributed by atoms with van der Waals surface area (Å²) in [4.78, 5) is 21.2. The minimum atomic E-state index is -0.328. The molecule has 0 aliphatic rings. The number of anilines is 2. The Bertz CT molecular complexity index is 1360. The Labute approximate surface area is 194 Å². The molecule has 0 saturated carbocycles. The maximum absolute atomic E-state index is 13.0. The largest absolute Gasteiger partial charge is 0.493 e. The summed E-state index contributed by atoms with van der Waals surface area (Å²) >= 11 is 6.13. The van der Waals surface area contributed by atoms with Gasteiger partial charge in [-0.1, -0.05) is 30.3 Å². The molecule has 1 N–H and O–H groups in total. The van der Waals surface area contributed by atoms with Crippen molar-refractivity contribution in [2.24, 2.45) is 0 Å². The molecular formula is C25H19ClFN3O3. The van der Waals surface area contributed by atoms with Crippen LogP contribution in [0.15, 0.2) is 66.7 Å². The molecule has 0 atom stereocenters. The van der Waals surface area contributed by atoms with Crippen molar-refractivity contribution >= 4 is 45.9 Å². The highest BCUT2D eigenvalue weighted by Crippen LogP contribution is 2.35. The zero-order chi connectivity index (χ0) is 23.4. The molecule has 0 amide bonds. The second-order valence-electron chi connectivity index (χ2n) is 7.02. The fourth-order valence-corrected chi connectivity index (χ4v) is 3.43. The number of hydrogen-bond donors (Lipinski definition) is 1. The van der Waals surface area contributed by atoms with E-state index in [2.05, 4.69) is 15.3 Å². The topological polar surface area (TPSA) is 73.3 Å². The number of rotatable bonds is 7. The fraction of sp³-hybridized carbons (Fsp3) is 0.0800. The summed E-state index contributed by atoms with van der Waals surface area (Å²) in [5.41, 5.74) is 2.42. The molecule has 4 rings (SSSR count). The molecule has 0 bridgehead atoms. The minimum Gasteiger partial charge on any atom is -0.493 e. The van der Waals surface area contributed by atoms with Crippen molar-refractivity contribution in [2.45, 2.75) is 0 Å². The standard InChI is InChI=1S/C25H19ClFN3O3/c1-32-22-13-19-20(14-23(22)33-2)29-25(26)30-24(19)28-18-5-3-4-16(12-18)21(31)11-8-15-6-9-17(27)10-7-15/h3-14H,1-2H3,(H,28,29,30)/b11-8+. The Balaban J connectivity index is 1.63. The summed E-state index contributed by atoms with van der Waals surface area (Å²) in [6.45, 7) is 0. The van der Waals surface area contributed by atoms with Gasteiger partial charge in [0.2, 0.25) is 5.28 Å². The van der Waals surface area contributed by atoms with Crippen LogP contribution in [0.1, 0.15) is 15.9 Å². The molecule has 166 valence electrons. The van der Waals surface area contributed by atoms with E-state index >= 15 is 0 Å². The summed E-state index contributed by atoms with van der Waals surface area (Å²) in [5, 5.41) is 3.93. The van der Waals surface area contributed by atoms with Crippen molar-refractivity contribution in [1.29, 1.82) is 0 Å². The molecule has 1 heterocycles. The van der Waals surface area contributed by atoms with E-state index in [4.69, 9.17) is 21.1 Å². The van der Waals surface area contributed by atoms with Crippen LogP contribution in [-0.4, -0.2) is 30.0 Å². The molecule has 0 aliphatic carbocycles. The molecule has 0 radical (unpaired) electrons. The van der Waals surface area contributed by atoms with E-state index in [-0.39, 0.29) is 16.9 Å². The van der Waals surface area contributed by atoms with Gasteiger partial charge in [-0.05, 0) is 53.6 Å². The first kappa shape index (κ1) is 22.2. The highest BCUT2D eigenvalue weighted by molar-refractivity contribution is 6.29. The number of aromatic nitrogens is 2. The number of hydrogen-bond acceptors (Lipinski definition) is 6. The lowest BCUT2D eigenvalue weighted by Gasteiger charge is -2.13. The molecule has 4 aromatic rings. The van der Waals surface area contributed by atoms with Crippen molar-refractivity contribution < 1.29 is 18.7 Å². The van der Waals surface area contributed by atoms with Crippen molar-refractivity contribution in [3.05, 3.63) is 89.0 Å². The van der Waals surface area contributed by atoms with Crippen LogP contribution in [0.5, 0.6) is 11.5 Å². The molecule has 3 aromatic carbocycles. The summed E-state index contributed by atoms with van der Waals surface area (Å²) < 4.78 is 23.8. The molecule has 8 heteroatoms. The first-order chi connectivity index (χ1) is 16.0. The Morgan fingerprint density at radius 3 is 2.45 bits per heavy atom. The lowest BCUT2D eigenvalue weighted by atomic mass is 10.1. The Kier molecular flexibility index (Phi) is 6.51. The van der Waals surface area contributed by atoms with Gasteiger partial charge in [0.05, 0.1) is 19.7 Å². The van der Waals surface area contributed by atoms with E-state index in [0.717, 1.165) is 5.56 Å². The molecule has 0 fully saturated rings. The van der Waals surface area contributed by atoms with Gasteiger partial charge in [-0.3, -0.25) is 4.79 Å². The van der Waals surface area contributed by atoms with Crippen molar-refractivity contribution in [2.75, 3.05) is 19.5 Å². The number of fused-ring (bicyclic) bond motifs is 1. The van der Waals surface area contributed by atoms with Crippen LogP contribution >= 0.6 is 11.6 Å². The molecular weight excluding hydrogens is 445 g/mol. The van der Waals surface area contributed by atoms with E-state index in [0.29, 0.717) is 39.5 Å². The third-order valence-electron chi connectivity index (χ3n) is 4.88. The van der Waals surface area contributed by atoms with Gasteiger partial charge in [0.1, 0.15) is 11.6 Å². The van der Waals surface area contributed by atoms with Gasteiger partial charge in [-0.25, -0.2) is 9.37 Å². The average Bonchev–Trinajstić information content (AvgIpc) is 2.82. The number of methoxy groups -OCH3 is 2. The number of nitrogens with one attached hydrogen (secondary N) is 1. The van der Waals surface area contributed by atoms with Gasteiger partial charge in [0.25, 0.3) is 0 Å². The molecule has 0 aliphatic heterocycles. The molecule has 33 heavy (non-hydrogen) atoms. The number of allylic oxidation sites excluding steroid dienone is 1. The zero-order valence-electron chi connectivity index (χ0n) is 17.8. The van der Waals surface area contributed by atoms with Gasteiger partial charge in [-0.15, -0.1) is 0 Å². The third-order valence-corrected chi connectivity index (χ3v) is 5.05.